The van der Waals surface area contributed by atoms with Gasteiger partial charge in [0.15, 0.2) is 0 Å². The summed E-state index contributed by atoms with van der Waals surface area (Å²) in [5.74, 6) is -1.19. The third-order valence-electron chi connectivity index (χ3n) is 3.81. The molecule has 0 bridgehead atoms. The quantitative estimate of drug-likeness (QED) is 0.867. The lowest BCUT2D eigenvalue weighted by atomic mass is 10.1. The van der Waals surface area contributed by atoms with E-state index in [0.717, 1.165) is 9.87 Å². The highest BCUT2D eigenvalue weighted by Gasteiger charge is 2.17. The average Bonchev–Trinajstić information content (AvgIpc) is 2.54. The number of halogens is 2. The fraction of sp³-hybridized carbons (Fsp3) is 0.294. The molecule has 0 saturated carbocycles. The van der Waals surface area contributed by atoms with Crippen LogP contribution in [-0.4, -0.2) is 26.8 Å². The molecule has 0 aliphatic rings. The minimum Gasteiger partial charge on any atom is -0.306 e. The third-order valence-corrected chi connectivity index (χ3v) is 5.63. The van der Waals surface area contributed by atoms with Crippen molar-refractivity contribution in [3.63, 3.8) is 0 Å². The van der Waals surface area contributed by atoms with Gasteiger partial charge in [0.05, 0.1) is 4.90 Å². The second-order valence-electron chi connectivity index (χ2n) is 5.66. The topological polar surface area (TPSA) is 49.4 Å². The summed E-state index contributed by atoms with van der Waals surface area (Å²) in [7, 11) is -0.535. The van der Waals surface area contributed by atoms with Crippen LogP contribution in [0.1, 0.15) is 24.1 Å². The minimum atomic E-state index is -3.47. The summed E-state index contributed by atoms with van der Waals surface area (Å²) in [5.41, 5.74) is 0.806. The van der Waals surface area contributed by atoms with E-state index in [2.05, 4.69) is 5.32 Å². The maximum absolute atomic E-state index is 13.6. The first kappa shape index (κ1) is 18.5. The van der Waals surface area contributed by atoms with Crippen molar-refractivity contribution >= 4 is 10.0 Å². The first-order valence-corrected chi connectivity index (χ1v) is 8.86. The maximum atomic E-state index is 13.6. The second-order valence-corrected chi connectivity index (χ2v) is 7.81. The van der Waals surface area contributed by atoms with Gasteiger partial charge >= 0.3 is 0 Å². The largest absolute Gasteiger partial charge is 0.306 e. The van der Waals surface area contributed by atoms with Gasteiger partial charge in [-0.2, -0.15) is 0 Å². The van der Waals surface area contributed by atoms with E-state index < -0.39 is 21.7 Å². The van der Waals surface area contributed by atoms with Crippen LogP contribution in [0.25, 0.3) is 0 Å². The number of nitrogens with one attached hydrogen (secondary N) is 1. The first-order valence-electron chi connectivity index (χ1n) is 7.42. The zero-order valence-corrected chi connectivity index (χ0v) is 14.6. The molecule has 0 aliphatic carbocycles. The smallest absolute Gasteiger partial charge is 0.242 e. The molecule has 0 heterocycles. The Morgan fingerprint density at radius 1 is 1.04 bits per heavy atom. The summed E-state index contributed by atoms with van der Waals surface area (Å²) >= 11 is 0. The molecule has 130 valence electrons. The van der Waals surface area contributed by atoms with Crippen LogP contribution in [0.15, 0.2) is 47.4 Å². The number of rotatable bonds is 6. The molecule has 2 aromatic carbocycles. The SMILES string of the molecule is CC(NCc1c(F)cccc1F)c1ccc(S(=O)(=O)N(C)C)cc1. The summed E-state index contributed by atoms with van der Waals surface area (Å²) < 4.78 is 52.4. The van der Waals surface area contributed by atoms with Crippen LogP contribution in [0.5, 0.6) is 0 Å². The Morgan fingerprint density at radius 2 is 1.58 bits per heavy atom. The summed E-state index contributed by atoms with van der Waals surface area (Å²) in [6.07, 6.45) is 0. The Morgan fingerprint density at radius 3 is 2.08 bits per heavy atom. The summed E-state index contributed by atoms with van der Waals surface area (Å²) in [6.45, 7) is 1.88. The van der Waals surface area contributed by atoms with Crippen molar-refractivity contribution in [2.45, 2.75) is 24.4 Å². The van der Waals surface area contributed by atoms with Gasteiger partial charge in [-0.05, 0) is 36.8 Å². The number of hydrogen-bond donors (Lipinski definition) is 1. The molecule has 1 atom stereocenters. The van der Waals surface area contributed by atoms with Gasteiger partial charge in [-0.3, -0.25) is 0 Å². The lowest BCUT2D eigenvalue weighted by Crippen LogP contribution is -2.22. The van der Waals surface area contributed by atoms with Crippen LogP contribution >= 0.6 is 0 Å². The van der Waals surface area contributed by atoms with Crippen molar-refractivity contribution in [2.24, 2.45) is 0 Å². The monoisotopic (exact) mass is 354 g/mol. The van der Waals surface area contributed by atoms with Crippen molar-refractivity contribution in [1.29, 1.82) is 0 Å². The van der Waals surface area contributed by atoms with Crippen LogP contribution in [0, 0.1) is 11.6 Å². The number of hydrogen-bond acceptors (Lipinski definition) is 3. The molecule has 0 radical (unpaired) electrons. The van der Waals surface area contributed by atoms with Crippen molar-refractivity contribution in [3.05, 3.63) is 65.2 Å². The van der Waals surface area contributed by atoms with Gasteiger partial charge in [-0.15, -0.1) is 0 Å². The van der Waals surface area contributed by atoms with Crippen molar-refractivity contribution in [2.75, 3.05) is 14.1 Å². The molecule has 0 fully saturated rings. The number of nitrogens with zero attached hydrogens (tertiary/aromatic N) is 1. The predicted molar refractivity (Wildman–Crippen MR) is 88.9 cm³/mol. The van der Waals surface area contributed by atoms with Crippen LogP contribution in [-0.2, 0) is 16.6 Å². The van der Waals surface area contributed by atoms with E-state index in [1.165, 1.54) is 44.4 Å². The highest BCUT2D eigenvalue weighted by Crippen LogP contribution is 2.19. The van der Waals surface area contributed by atoms with E-state index in [9.17, 15) is 17.2 Å². The number of benzene rings is 2. The van der Waals surface area contributed by atoms with Gasteiger partial charge in [0.25, 0.3) is 0 Å². The zero-order valence-electron chi connectivity index (χ0n) is 13.8. The van der Waals surface area contributed by atoms with Gasteiger partial charge in [0, 0.05) is 32.2 Å². The maximum Gasteiger partial charge on any atom is 0.242 e. The Balaban J connectivity index is 2.10. The molecular formula is C17H20F2N2O2S. The Bertz CT molecular complexity index is 786. The van der Waals surface area contributed by atoms with E-state index in [0.29, 0.717) is 0 Å². The van der Waals surface area contributed by atoms with Crippen molar-refractivity contribution in [3.8, 4) is 0 Å². The fourth-order valence-electron chi connectivity index (χ4n) is 2.21. The molecule has 0 saturated heterocycles. The fourth-order valence-corrected chi connectivity index (χ4v) is 3.12. The first-order chi connectivity index (χ1) is 11.2. The van der Waals surface area contributed by atoms with E-state index in [1.807, 2.05) is 6.92 Å². The van der Waals surface area contributed by atoms with E-state index >= 15 is 0 Å². The van der Waals surface area contributed by atoms with E-state index in [1.54, 1.807) is 12.1 Å². The highest BCUT2D eigenvalue weighted by atomic mass is 32.2. The molecule has 0 spiro atoms. The van der Waals surface area contributed by atoms with E-state index in [-0.39, 0.29) is 23.0 Å². The normalized spacial score (nSPS) is 13.2. The number of sulfonamides is 1. The molecule has 0 aliphatic heterocycles. The summed E-state index contributed by atoms with van der Waals surface area (Å²) in [4.78, 5) is 0.198. The summed E-state index contributed by atoms with van der Waals surface area (Å²) in [5, 5.41) is 3.04. The molecule has 0 amide bonds. The van der Waals surface area contributed by atoms with Crippen LogP contribution < -0.4 is 5.32 Å². The lowest BCUT2D eigenvalue weighted by molar-refractivity contribution is 0.508. The van der Waals surface area contributed by atoms with Gasteiger partial charge in [-0.25, -0.2) is 21.5 Å². The molecule has 7 heteroatoms. The molecule has 2 rings (SSSR count). The zero-order chi connectivity index (χ0) is 17.9. The minimum absolute atomic E-state index is 0.0174. The Labute approximate surface area is 141 Å². The van der Waals surface area contributed by atoms with E-state index in [4.69, 9.17) is 0 Å². The molecule has 1 N–H and O–H groups in total. The van der Waals surface area contributed by atoms with Gasteiger partial charge < -0.3 is 5.32 Å². The average molecular weight is 354 g/mol. The molecular weight excluding hydrogens is 334 g/mol. The van der Waals surface area contributed by atoms with Gasteiger partial charge in [0.1, 0.15) is 11.6 Å². The van der Waals surface area contributed by atoms with Crippen molar-refractivity contribution in [1.82, 2.24) is 9.62 Å². The van der Waals surface area contributed by atoms with Gasteiger partial charge in [0.2, 0.25) is 10.0 Å². The Kier molecular flexibility index (Phi) is 5.69. The van der Waals surface area contributed by atoms with Crippen LogP contribution in [0.4, 0.5) is 8.78 Å². The van der Waals surface area contributed by atoms with Gasteiger partial charge in [-0.1, -0.05) is 18.2 Å². The second kappa shape index (κ2) is 7.38. The van der Waals surface area contributed by atoms with Crippen molar-refractivity contribution < 1.29 is 17.2 Å². The molecule has 24 heavy (non-hydrogen) atoms. The molecule has 4 nitrogen and oxygen atoms in total. The Hall–Kier alpha value is -1.83. The van der Waals surface area contributed by atoms with Crippen LogP contribution in [0.2, 0.25) is 0 Å². The molecule has 0 aromatic heterocycles. The highest BCUT2D eigenvalue weighted by molar-refractivity contribution is 7.89. The van der Waals surface area contributed by atoms with Crippen LogP contribution in [0.3, 0.4) is 0 Å². The summed E-state index contributed by atoms with van der Waals surface area (Å²) in [6, 6.07) is 9.97. The third kappa shape index (κ3) is 3.98. The lowest BCUT2D eigenvalue weighted by Gasteiger charge is -2.16. The predicted octanol–water partition coefficient (Wildman–Crippen LogP) is 3.07. The molecule has 1 unspecified atom stereocenters. The molecule has 2 aromatic rings. The standard InChI is InChI=1S/C17H20F2N2O2S/c1-12(20-11-15-16(18)5-4-6-17(15)19)13-7-9-14(10-8-13)24(22,23)21(2)3/h4-10,12,20H,11H2,1-3H3.